The second-order valence-corrected chi connectivity index (χ2v) is 12.7. The molecule has 1 fully saturated rings. The largest absolute Gasteiger partial charge is 0.390 e. The van der Waals surface area contributed by atoms with Crippen molar-refractivity contribution in [3.8, 4) is 0 Å². The Bertz CT molecular complexity index is 1410. The fraction of sp³-hybridized carbons (Fsp3) is 0.607. The van der Waals surface area contributed by atoms with Gasteiger partial charge in [-0.3, -0.25) is 9.13 Å². The predicted octanol–water partition coefficient (Wildman–Crippen LogP) is 5.04. The first kappa shape index (κ1) is 30.2. The first-order valence-electron chi connectivity index (χ1n) is 13.6. The zero-order valence-electron chi connectivity index (χ0n) is 23.9. The van der Waals surface area contributed by atoms with Crippen LogP contribution in [0.1, 0.15) is 54.4 Å². The number of aliphatic hydroxyl groups is 2. The number of hydrogen-bond acceptors (Lipinski definition) is 7. The summed E-state index contributed by atoms with van der Waals surface area (Å²) in [5.41, 5.74) is -0.168. The molecule has 2 atom stereocenters. The minimum Gasteiger partial charge on any atom is -0.390 e. The van der Waals surface area contributed by atoms with Gasteiger partial charge in [0.2, 0.25) is 5.95 Å². The Labute approximate surface area is 237 Å². The van der Waals surface area contributed by atoms with Gasteiger partial charge in [0.05, 0.1) is 28.4 Å². The third kappa shape index (κ3) is 6.58. The maximum absolute atomic E-state index is 14.4. The van der Waals surface area contributed by atoms with Crippen molar-refractivity contribution in [3.05, 3.63) is 39.9 Å². The highest BCUT2D eigenvalue weighted by Gasteiger charge is 2.47. The summed E-state index contributed by atoms with van der Waals surface area (Å²) in [5, 5.41) is 24.0. The van der Waals surface area contributed by atoms with Crippen LogP contribution in [0, 0.1) is 11.8 Å². The van der Waals surface area contributed by atoms with Crippen LogP contribution < -0.4 is 15.9 Å². The van der Waals surface area contributed by atoms with Crippen molar-refractivity contribution in [1.29, 1.82) is 0 Å². The summed E-state index contributed by atoms with van der Waals surface area (Å²) < 4.78 is 32.0. The van der Waals surface area contributed by atoms with E-state index in [-0.39, 0.29) is 23.8 Å². The molecule has 0 spiro atoms. The molecule has 1 aliphatic heterocycles. The van der Waals surface area contributed by atoms with Crippen molar-refractivity contribution < 1.29 is 19.0 Å². The summed E-state index contributed by atoms with van der Waals surface area (Å²) in [7, 11) is 0. The SMILES string of the molecule is C[C@@H]1CN(c2ncc(Cl)c(Nc3ccc4c(c3)n(CCC(C)(C)O)c(=O)n4CCC(C)(C)O)n2)C[C@H](C)C1(F)F. The van der Waals surface area contributed by atoms with Crippen LogP contribution in [0.5, 0.6) is 0 Å². The summed E-state index contributed by atoms with van der Waals surface area (Å²) in [6.07, 6.45) is 2.19. The monoisotopic (exact) mass is 580 g/mol. The molecule has 220 valence electrons. The zero-order chi connectivity index (χ0) is 29.6. The second kappa shape index (κ2) is 10.9. The number of nitrogens with one attached hydrogen (secondary N) is 1. The number of aromatic nitrogens is 4. The summed E-state index contributed by atoms with van der Waals surface area (Å²) >= 11 is 6.41. The lowest BCUT2D eigenvalue weighted by molar-refractivity contribution is -0.105. The Hall–Kier alpha value is -2.76. The Morgan fingerprint density at radius 2 is 1.57 bits per heavy atom. The number of anilines is 3. The van der Waals surface area contributed by atoms with Crippen LogP contribution in [0.2, 0.25) is 5.02 Å². The zero-order valence-corrected chi connectivity index (χ0v) is 24.6. The number of nitrogens with zero attached hydrogens (tertiary/aromatic N) is 5. The molecule has 0 amide bonds. The summed E-state index contributed by atoms with van der Waals surface area (Å²) in [5.74, 6) is -3.84. The molecule has 12 heteroatoms. The maximum Gasteiger partial charge on any atom is 0.329 e. The molecule has 2 aromatic heterocycles. The Kier molecular flexibility index (Phi) is 8.23. The molecule has 0 aliphatic carbocycles. The van der Waals surface area contributed by atoms with Crippen LogP contribution in [-0.4, -0.2) is 59.5 Å². The van der Waals surface area contributed by atoms with Crippen LogP contribution in [0.3, 0.4) is 0 Å². The minimum atomic E-state index is -2.76. The van der Waals surface area contributed by atoms with Crippen molar-refractivity contribution in [3.63, 3.8) is 0 Å². The lowest BCUT2D eigenvalue weighted by atomic mass is 9.87. The lowest BCUT2D eigenvalue weighted by Gasteiger charge is -2.41. The van der Waals surface area contributed by atoms with E-state index < -0.39 is 29.0 Å². The van der Waals surface area contributed by atoms with E-state index in [1.807, 2.05) is 12.1 Å². The van der Waals surface area contributed by atoms with E-state index in [4.69, 9.17) is 11.6 Å². The van der Waals surface area contributed by atoms with E-state index in [0.717, 1.165) is 0 Å². The normalized spacial score (nSPS) is 19.8. The van der Waals surface area contributed by atoms with Crippen LogP contribution in [-0.2, 0) is 13.1 Å². The molecule has 40 heavy (non-hydrogen) atoms. The number of hydrogen-bond donors (Lipinski definition) is 3. The van der Waals surface area contributed by atoms with Gasteiger partial charge in [0.25, 0.3) is 5.92 Å². The van der Waals surface area contributed by atoms with E-state index in [0.29, 0.717) is 54.4 Å². The van der Waals surface area contributed by atoms with Gasteiger partial charge in [-0.1, -0.05) is 25.4 Å². The van der Waals surface area contributed by atoms with E-state index in [1.165, 1.54) is 20.0 Å². The summed E-state index contributed by atoms with van der Waals surface area (Å²) in [6.45, 7) is 10.7. The second-order valence-electron chi connectivity index (χ2n) is 12.3. The van der Waals surface area contributed by atoms with Gasteiger partial charge in [0.15, 0.2) is 5.82 Å². The highest BCUT2D eigenvalue weighted by molar-refractivity contribution is 6.32. The average molecular weight is 581 g/mol. The van der Waals surface area contributed by atoms with Gasteiger partial charge < -0.3 is 20.4 Å². The number of halogens is 3. The maximum atomic E-state index is 14.4. The topological polar surface area (TPSA) is 108 Å². The quantitative estimate of drug-likeness (QED) is 0.325. The molecule has 3 N–H and O–H groups in total. The number of fused-ring (bicyclic) bond motifs is 1. The van der Waals surface area contributed by atoms with Gasteiger partial charge >= 0.3 is 5.69 Å². The van der Waals surface area contributed by atoms with Crippen LogP contribution in [0.4, 0.5) is 26.2 Å². The number of imidazole rings is 1. The third-order valence-electron chi connectivity index (χ3n) is 7.49. The highest BCUT2D eigenvalue weighted by Crippen LogP contribution is 2.39. The fourth-order valence-corrected chi connectivity index (χ4v) is 5.10. The lowest BCUT2D eigenvalue weighted by Crippen LogP contribution is -2.52. The number of alkyl halides is 2. The standard InChI is InChI=1S/C28H39ClF2N6O3/c1-17-15-35(16-18(2)28(17,30)31)24-32-14-20(29)23(34-24)33-19-7-8-21-22(13-19)37(12-10-27(5,6)40)25(38)36(21)11-9-26(3,4)39/h7-8,13-14,17-18,39-40H,9-12,15-16H2,1-6H3,(H,32,33,34)/t17-,18+. The summed E-state index contributed by atoms with van der Waals surface area (Å²) in [4.78, 5) is 24.0. The Morgan fingerprint density at radius 1 is 1.02 bits per heavy atom. The van der Waals surface area contributed by atoms with E-state index in [2.05, 4.69) is 15.3 Å². The summed E-state index contributed by atoms with van der Waals surface area (Å²) in [6, 6.07) is 5.42. The minimum absolute atomic E-state index is 0.121. The molecule has 3 heterocycles. The van der Waals surface area contributed by atoms with Crippen molar-refractivity contribution in [2.24, 2.45) is 11.8 Å². The van der Waals surface area contributed by atoms with Gasteiger partial charge in [-0.15, -0.1) is 0 Å². The van der Waals surface area contributed by atoms with Crippen molar-refractivity contribution in [2.75, 3.05) is 23.3 Å². The van der Waals surface area contributed by atoms with E-state index in [1.54, 1.807) is 47.8 Å². The highest BCUT2D eigenvalue weighted by atomic mass is 35.5. The predicted molar refractivity (Wildman–Crippen MR) is 154 cm³/mol. The number of aryl methyl sites for hydroxylation is 2. The van der Waals surface area contributed by atoms with Gasteiger partial charge in [0, 0.05) is 43.7 Å². The molecule has 4 rings (SSSR count). The Morgan fingerprint density at radius 3 is 2.12 bits per heavy atom. The molecule has 0 bridgehead atoms. The van der Waals surface area contributed by atoms with Gasteiger partial charge in [-0.25, -0.2) is 18.6 Å². The van der Waals surface area contributed by atoms with Crippen LogP contribution in [0.25, 0.3) is 11.0 Å². The average Bonchev–Trinajstić information content (AvgIpc) is 3.10. The molecule has 9 nitrogen and oxygen atoms in total. The van der Waals surface area contributed by atoms with E-state index in [9.17, 15) is 23.8 Å². The molecular weight excluding hydrogens is 542 g/mol. The van der Waals surface area contributed by atoms with Crippen molar-refractivity contribution in [1.82, 2.24) is 19.1 Å². The third-order valence-corrected chi connectivity index (χ3v) is 7.77. The van der Waals surface area contributed by atoms with Crippen LogP contribution in [0.15, 0.2) is 29.2 Å². The number of piperidine rings is 1. The molecule has 1 aliphatic rings. The number of rotatable bonds is 9. The first-order valence-corrected chi connectivity index (χ1v) is 13.9. The van der Waals surface area contributed by atoms with Crippen molar-refractivity contribution >= 4 is 40.1 Å². The molecule has 1 saturated heterocycles. The molecule has 0 unspecified atom stereocenters. The smallest absolute Gasteiger partial charge is 0.329 e. The Balaban J connectivity index is 1.67. The molecule has 3 aromatic rings. The number of benzene rings is 1. The molecule has 1 aromatic carbocycles. The first-order chi connectivity index (χ1) is 18.5. The van der Waals surface area contributed by atoms with Crippen LogP contribution >= 0.6 is 11.6 Å². The molecular formula is C28H39ClF2N6O3. The van der Waals surface area contributed by atoms with Gasteiger partial charge in [-0.2, -0.15) is 4.98 Å². The fourth-order valence-electron chi connectivity index (χ4n) is 4.96. The van der Waals surface area contributed by atoms with Crippen molar-refractivity contribution in [2.45, 2.75) is 84.6 Å². The molecule has 0 saturated carbocycles. The van der Waals surface area contributed by atoms with Gasteiger partial charge in [0.1, 0.15) is 5.02 Å². The van der Waals surface area contributed by atoms with E-state index >= 15 is 0 Å². The van der Waals surface area contributed by atoms with Gasteiger partial charge in [-0.05, 0) is 58.7 Å². The molecule has 0 radical (unpaired) electrons.